The molecule has 0 radical (unpaired) electrons. The molecule has 13 heteroatoms. The Kier molecular flexibility index (Phi) is 7.90. The fraction of sp³-hybridized carbons (Fsp3) is 0.176. The van der Waals surface area contributed by atoms with E-state index in [4.69, 9.17) is 16.3 Å². The van der Waals surface area contributed by atoms with E-state index in [9.17, 15) is 18.0 Å². The number of carbonyl (C=O) groups is 1. The molecule has 7 rings (SSSR count). The Bertz CT molecular complexity index is 2290. The molecule has 238 valence electrons. The zero-order valence-electron chi connectivity index (χ0n) is 25.2. The molecule has 3 aromatic carbocycles. The lowest BCUT2D eigenvalue weighted by atomic mass is 10.0. The van der Waals surface area contributed by atoms with Gasteiger partial charge in [0.25, 0.3) is 15.9 Å². The second-order valence-corrected chi connectivity index (χ2v) is 13.2. The molecule has 1 atom stereocenters. The summed E-state index contributed by atoms with van der Waals surface area (Å²) in [7, 11) is -3.04. The number of benzene rings is 3. The molecule has 6 aromatic rings. The van der Waals surface area contributed by atoms with Gasteiger partial charge in [-0.05, 0) is 48.5 Å². The molecule has 1 fully saturated rings. The molecular formula is C34H29ClN6O5S. The number of para-hydroxylation sites is 2. The SMILES string of the molecule is COc1ccccc1C(C(=O)N1CCN(c2ccncc2)CC1)n1c(=O)n(S(=O)(=O)c2cccc3cccnc23)c2ccc(Cl)cc21. The molecule has 0 aliphatic carbocycles. The van der Waals surface area contributed by atoms with E-state index in [0.717, 1.165) is 9.66 Å². The van der Waals surface area contributed by atoms with Gasteiger partial charge in [-0.25, -0.2) is 13.2 Å². The quantitative estimate of drug-likeness (QED) is 0.243. The third kappa shape index (κ3) is 5.29. The van der Waals surface area contributed by atoms with Crippen LogP contribution in [-0.2, 0) is 14.8 Å². The first kappa shape index (κ1) is 30.5. The van der Waals surface area contributed by atoms with Crippen LogP contribution in [-0.4, -0.2) is 71.0 Å². The molecule has 47 heavy (non-hydrogen) atoms. The minimum atomic E-state index is -4.52. The molecule has 1 aliphatic heterocycles. The van der Waals surface area contributed by atoms with Crippen molar-refractivity contribution in [3.8, 4) is 5.75 Å². The average molecular weight is 669 g/mol. The summed E-state index contributed by atoms with van der Waals surface area (Å²) in [6.45, 7) is 1.86. The highest BCUT2D eigenvalue weighted by molar-refractivity contribution is 7.90. The van der Waals surface area contributed by atoms with Crippen LogP contribution in [0.3, 0.4) is 0 Å². The van der Waals surface area contributed by atoms with Crippen molar-refractivity contribution in [3.05, 3.63) is 125 Å². The van der Waals surface area contributed by atoms with Gasteiger partial charge in [-0.15, -0.1) is 0 Å². The van der Waals surface area contributed by atoms with Crippen molar-refractivity contribution in [2.45, 2.75) is 10.9 Å². The number of amides is 1. The van der Waals surface area contributed by atoms with Gasteiger partial charge in [0, 0.05) is 66.4 Å². The van der Waals surface area contributed by atoms with E-state index in [0.29, 0.717) is 42.9 Å². The number of rotatable bonds is 7. The highest BCUT2D eigenvalue weighted by Gasteiger charge is 2.37. The van der Waals surface area contributed by atoms with Crippen LogP contribution in [0.2, 0.25) is 5.02 Å². The summed E-state index contributed by atoms with van der Waals surface area (Å²) < 4.78 is 36.5. The van der Waals surface area contributed by atoms with E-state index >= 15 is 0 Å². The van der Waals surface area contributed by atoms with Crippen molar-refractivity contribution in [3.63, 3.8) is 0 Å². The van der Waals surface area contributed by atoms with Crippen molar-refractivity contribution in [1.29, 1.82) is 0 Å². The minimum absolute atomic E-state index is 0.0718. The highest BCUT2D eigenvalue weighted by atomic mass is 35.5. The number of hydrogen-bond donors (Lipinski definition) is 0. The van der Waals surface area contributed by atoms with Gasteiger partial charge < -0.3 is 14.5 Å². The van der Waals surface area contributed by atoms with E-state index < -0.39 is 21.8 Å². The Balaban J connectivity index is 1.41. The first-order valence-electron chi connectivity index (χ1n) is 14.9. The third-order valence-electron chi connectivity index (χ3n) is 8.45. The van der Waals surface area contributed by atoms with Crippen molar-refractivity contribution < 1.29 is 17.9 Å². The van der Waals surface area contributed by atoms with Crippen LogP contribution in [0.4, 0.5) is 5.69 Å². The number of nitrogens with zero attached hydrogens (tertiary/aromatic N) is 6. The maximum absolute atomic E-state index is 14.7. The van der Waals surface area contributed by atoms with Gasteiger partial charge >= 0.3 is 5.69 Å². The van der Waals surface area contributed by atoms with Crippen LogP contribution in [0.15, 0.2) is 113 Å². The zero-order chi connectivity index (χ0) is 32.7. The van der Waals surface area contributed by atoms with Gasteiger partial charge in [-0.1, -0.05) is 48.0 Å². The molecular weight excluding hydrogens is 640 g/mol. The summed E-state index contributed by atoms with van der Waals surface area (Å²) in [6.07, 6.45) is 4.94. The molecule has 0 spiro atoms. The lowest BCUT2D eigenvalue weighted by molar-refractivity contribution is -0.133. The summed E-state index contributed by atoms with van der Waals surface area (Å²) in [5.41, 5.74) is 0.954. The molecule has 1 unspecified atom stereocenters. The molecule has 0 saturated carbocycles. The molecule has 4 heterocycles. The molecule has 1 amide bonds. The van der Waals surface area contributed by atoms with Crippen molar-refractivity contribution in [2.24, 2.45) is 0 Å². The predicted molar refractivity (Wildman–Crippen MR) is 180 cm³/mol. The lowest BCUT2D eigenvalue weighted by Crippen LogP contribution is -2.51. The predicted octanol–water partition coefficient (Wildman–Crippen LogP) is 4.58. The number of fused-ring (bicyclic) bond motifs is 2. The number of halogens is 1. The molecule has 0 bridgehead atoms. The number of pyridine rings is 2. The standard InChI is InChI=1S/C34H29ClN6O5S/c1-46-29-9-3-2-8-26(29)32(33(42)39-20-18-38(19-21-39)25-13-16-36-17-14-25)40-28-22-24(35)11-12-27(28)41(34(40)43)47(44,45)30-10-4-6-23-7-5-15-37-31(23)30/h2-17,22,32H,18-21H2,1H3. The van der Waals surface area contributed by atoms with Crippen LogP contribution in [0, 0.1) is 0 Å². The number of carbonyl (C=O) groups excluding carboxylic acids is 1. The zero-order valence-corrected chi connectivity index (χ0v) is 26.8. The van der Waals surface area contributed by atoms with E-state index in [2.05, 4.69) is 14.9 Å². The first-order valence-corrected chi connectivity index (χ1v) is 16.7. The molecule has 1 aliphatic rings. The first-order chi connectivity index (χ1) is 22.8. The van der Waals surface area contributed by atoms with E-state index in [1.54, 1.807) is 65.8 Å². The van der Waals surface area contributed by atoms with Crippen LogP contribution >= 0.6 is 11.6 Å². The van der Waals surface area contributed by atoms with E-state index in [1.807, 2.05) is 12.1 Å². The number of aromatic nitrogens is 4. The summed E-state index contributed by atoms with van der Waals surface area (Å²) >= 11 is 6.46. The van der Waals surface area contributed by atoms with Crippen LogP contribution in [0.25, 0.3) is 21.9 Å². The number of piperazine rings is 1. The van der Waals surface area contributed by atoms with Gasteiger partial charge in [0.05, 0.1) is 23.7 Å². The Hall–Kier alpha value is -5.20. The van der Waals surface area contributed by atoms with Gasteiger partial charge in [0.15, 0.2) is 0 Å². The van der Waals surface area contributed by atoms with Crippen molar-refractivity contribution in [1.82, 2.24) is 23.4 Å². The van der Waals surface area contributed by atoms with Crippen LogP contribution in [0.1, 0.15) is 11.6 Å². The van der Waals surface area contributed by atoms with Gasteiger partial charge in [0.2, 0.25) is 0 Å². The Morgan fingerprint density at radius 2 is 1.62 bits per heavy atom. The summed E-state index contributed by atoms with van der Waals surface area (Å²) in [4.78, 5) is 41.4. The maximum Gasteiger partial charge on any atom is 0.344 e. The summed E-state index contributed by atoms with van der Waals surface area (Å²) in [6, 6.07) is 22.2. The summed E-state index contributed by atoms with van der Waals surface area (Å²) in [5.74, 6) is -0.00793. The molecule has 11 nitrogen and oxygen atoms in total. The molecule has 3 aromatic heterocycles. The number of hydrogen-bond acceptors (Lipinski definition) is 8. The normalized spacial score (nSPS) is 14.4. The fourth-order valence-corrected chi connectivity index (χ4v) is 7.95. The lowest BCUT2D eigenvalue weighted by Gasteiger charge is -2.37. The number of imidazole rings is 1. The maximum atomic E-state index is 14.7. The Labute approximate surface area is 275 Å². The van der Waals surface area contributed by atoms with Gasteiger partial charge in [0.1, 0.15) is 16.7 Å². The topological polar surface area (TPSA) is 120 Å². The number of ether oxygens (including phenoxy) is 1. The Morgan fingerprint density at radius 1 is 0.872 bits per heavy atom. The largest absolute Gasteiger partial charge is 0.496 e. The average Bonchev–Trinajstić information content (AvgIpc) is 3.39. The highest BCUT2D eigenvalue weighted by Crippen LogP contribution is 2.34. The minimum Gasteiger partial charge on any atom is -0.496 e. The number of methoxy groups -OCH3 is 1. The van der Waals surface area contributed by atoms with Crippen LogP contribution < -0.4 is 15.3 Å². The van der Waals surface area contributed by atoms with E-state index in [1.165, 1.54) is 42.1 Å². The second kappa shape index (κ2) is 12.2. The third-order valence-corrected chi connectivity index (χ3v) is 10.4. The number of anilines is 1. The van der Waals surface area contributed by atoms with E-state index in [-0.39, 0.29) is 32.4 Å². The summed E-state index contributed by atoms with van der Waals surface area (Å²) in [5, 5.41) is 0.867. The molecule has 1 saturated heterocycles. The molecule has 0 N–H and O–H groups in total. The van der Waals surface area contributed by atoms with Crippen molar-refractivity contribution >= 4 is 55.2 Å². The van der Waals surface area contributed by atoms with Crippen LogP contribution in [0.5, 0.6) is 5.75 Å². The monoisotopic (exact) mass is 668 g/mol. The fourth-order valence-electron chi connectivity index (χ4n) is 6.22. The smallest absolute Gasteiger partial charge is 0.344 e. The van der Waals surface area contributed by atoms with Gasteiger partial charge in [-0.3, -0.25) is 19.3 Å². The van der Waals surface area contributed by atoms with Crippen molar-refractivity contribution in [2.75, 3.05) is 38.2 Å². The van der Waals surface area contributed by atoms with Gasteiger partial charge in [-0.2, -0.15) is 3.97 Å². The Morgan fingerprint density at radius 3 is 2.38 bits per heavy atom. The second-order valence-electron chi connectivity index (χ2n) is 11.0.